The number of halogens is 2. The Bertz CT molecular complexity index is 1350. The molecule has 0 spiro atoms. The first kappa shape index (κ1) is 25.6. The number of nitrogens with zero attached hydrogens (tertiary/aromatic N) is 1. The van der Waals surface area contributed by atoms with Crippen LogP contribution in [-0.2, 0) is 0 Å². The van der Waals surface area contributed by atoms with Crippen molar-refractivity contribution in [1.29, 1.82) is 0 Å². The molecule has 3 N–H and O–H groups in total. The van der Waals surface area contributed by atoms with Crippen molar-refractivity contribution in [2.75, 3.05) is 16.7 Å². The summed E-state index contributed by atoms with van der Waals surface area (Å²) in [5.41, 5.74) is 2.41. The van der Waals surface area contributed by atoms with Crippen molar-refractivity contribution in [3.63, 3.8) is 0 Å². The Hall–Kier alpha value is -3.05. The number of methoxy groups -OCH3 is 1. The van der Waals surface area contributed by atoms with Crippen molar-refractivity contribution >= 4 is 47.1 Å². The normalized spacial score (nSPS) is 10.5. The number of rotatable bonds is 5. The largest absolute Gasteiger partial charge is 1.00 e. The Balaban J connectivity index is 0.00000216. The van der Waals surface area contributed by atoms with Crippen LogP contribution < -0.4 is 43.9 Å². The maximum Gasteiger partial charge on any atom is 1.00 e. The maximum absolute atomic E-state index is 13.5. The Morgan fingerprint density at radius 3 is 2.38 bits per heavy atom. The second-order valence-electron chi connectivity index (χ2n) is 7.05. The molecule has 0 unspecified atom stereocenters. The van der Waals surface area contributed by atoms with Gasteiger partial charge in [0.1, 0.15) is 5.75 Å². The van der Waals surface area contributed by atoms with Gasteiger partial charge in [-0.1, -0.05) is 12.8 Å². The number of ether oxygens (including phenoxy) is 1. The molecule has 0 aliphatic heterocycles. The minimum absolute atomic E-state index is 0. The zero-order valence-corrected chi connectivity index (χ0v) is 21.0. The third kappa shape index (κ3) is 5.20. The van der Waals surface area contributed by atoms with Crippen LogP contribution in [0, 0.1) is 11.6 Å². The molecule has 1 heterocycles. The van der Waals surface area contributed by atoms with Gasteiger partial charge in [-0.2, -0.15) is 0 Å². The molecule has 1 aromatic heterocycles. The fourth-order valence-corrected chi connectivity index (χ4v) is 3.47. The molecule has 4 aromatic rings. The number of carboxylic acids is 1. The van der Waals surface area contributed by atoms with E-state index in [0.29, 0.717) is 39.3 Å². The summed E-state index contributed by atoms with van der Waals surface area (Å²) >= 11 is 4.20. The Morgan fingerprint density at radius 1 is 1.06 bits per heavy atom. The molecule has 7 nitrogen and oxygen atoms in total. The molecule has 0 saturated carbocycles. The van der Waals surface area contributed by atoms with Gasteiger partial charge in [-0.25, -0.2) is 22.7 Å². The summed E-state index contributed by atoms with van der Waals surface area (Å²) in [6.07, 6.45) is 0. The molecule has 0 saturated heterocycles. The number of carbonyl (C=O) groups excluding carboxylic acids is 1. The summed E-state index contributed by atoms with van der Waals surface area (Å²) in [6, 6.07) is 13.9. The van der Waals surface area contributed by atoms with Gasteiger partial charge < -0.3 is 21.6 Å². The third-order valence-corrected chi connectivity index (χ3v) is 5.38. The number of aromatic carboxylic acids is 1. The van der Waals surface area contributed by atoms with E-state index in [4.69, 9.17) is 9.84 Å². The van der Waals surface area contributed by atoms with E-state index in [0.717, 1.165) is 16.4 Å². The number of H-pyrrole nitrogens is 1. The van der Waals surface area contributed by atoms with Gasteiger partial charge in [-0.05, 0) is 54.6 Å². The minimum atomic E-state index is -1.08. The summed E-state index contributed by atoms with van der Waals surface area (Å²) < 4.78 is 33.4. The molecule has 34 heavy (non-hydrogen) atoms. The van der Waals surface area contributed by atoms with E-state index in [2.05, 4.69) is 23.1 Å². The fraction of sp³-hybridized carbons (Fsp3) is 0.0435. The number of anilines is 2. The number of aromatic nitrogens is 1. The Kier molecular flexibility index (Phi) is 7.88. The quantitative estimate of drug-likeness (QED) is 0.254. The van der Waals surface area contributed by atoms with Gasteiger partial charge in [-0.15, -0.1) is 0 Å². The number of hydrogen-bond donors (Lipinski definition) is 4. The molecule has 2 amide bonds. The van der Waals surface area contributed by atoms with Crippen molar-refractivity contribution in [2.24, 2.45) is 0 Å². The van der Waals surface area contributed by atoms with Crippen LogP contribution in [0.25, 0.3) is 22.2 Å². The molecular formula is C23H18F2N3NaO4S. The van der Waals surface area contributed by atoms with Gasteiger partial charge in [0.25, 0.3) is 0 Å². The molecule has 0 aliphatic carbocycles. The molecule has 11 heteroatoms. The summed E-state index contributed by atoms with van der Waals surface area (Å²) in [4.78, 5) is 26.8. The van der Waals surface area contributed by atoms with E-state index in [1.54, 1.807) is 24.3 Å². The van der Waals surface area contributed by atoms with Crippen LogP contribution in [0.5, 0.6) is 5.75 Å². The van der Waals surface area contributed by atoms with Gasteiger partial charge in [0.15, 0.2) is 11.6 Å². The van der Waals surface area contributed by atoms with E-state index < -0.39 is 23.6 Å². The zero-order chi connectivity index (χ0) is 23.7. The average molecular weight is 493 g/mol. The van der Waals surface area contributed by atoms with Crippen LogP contribution in [0.4, 0.5) is 25.0 Å². The fourth-order valence-electron chi connectivity index (χ4n) is 3.29. The topological polar surface area (TPSA) is 94.7 Å². The van der Waals surface area contributed by atoms with Crippen molar-refractivity contribution in [2.45, 2.75) is 0 Å². The van der Waals surface area contributed by atoms with Crippen LogP contribution in [0.3, 0.4) is 0 Å². The standard InChI is InChI=1S/C23H17F2N3O4S.Na.H/c1-32-21-7-4-13(18-10-14-8-16(24)17(25)11-19(14)26-18)9-20(21)27-23(31)28(33)15-5-2-12(3-6-15)22(29)30;;/h2-11,26,33H,1H3,(H,27,31)(H,29,30);;/q;+1;-1. The predicted octanol–water partition coefficient (Wildman–Crippen LogP) is 2.82. The van der Waals surface area contributed by atoms with Gasteiger partial charge >= 0.3 is 41.6 Å². The number of aromatic amines is 1. The number of carbonyl (C=O) groups is 2. The summed E-state index contributed by atoms with van der Waals surface area (Å²) in [5, 5.41) is 12.2. The number of hydrogen-bond acceptors (Lipinski definition) is 4. The first-order valence-electron chi connectivity index (χ1n) is 9.56. The molecule has 3 aromatic carbocycles. The molecule has 0 bridgehead atoms. The summed E-state index contributed by atoms with van der Waals surface area (Å²) in [5.74, 6) is -2.60. The molecule has 0 aliphatic rings. The van der Waals surface area contributed by atoms with Crippen LogP contribution in [0.2, 0.25) is 0 Å². The van der Waals surface area contributed by atoms with Crippen molar-refractivity contribution in [3.05, 3.63) is 77.9 Å². The van der Waals surface area contributed by atoms with Crippen LogP contribution in [-0.4, -0.2) is 29.2 Å². The Labute approximate surface area is 222 Å². The van der Waals surface area contributed by atoms with E-state index >= 15 is 0 Å². The Morgan fingerprint density at radius 2 is 1.74 bits per heavy atom. The van der Waals surface area contributed by atoms with Gasteiger partial charge in [0.05, 0.1) is 24.0 Å². The number of carboxylic acid groups (broad SMARTS) is 1. The van der Waals surface area contributed by atoms with Crippen LogP contribution in [0.1, 0.15) is 11.8 Å². The number of amides is 2. The molecule has 0 fully saturated rings. The van der Waals surface area contributed by atoms with Gasteiger partial charge in [0, 0.05) is 28.2 Å². The SMILES string of the molecule is COc1ccc(-c2cc3cc(F)c(F)cc3[nH]2)cc1NC(=O)N(S)c1ccc(C(=O)O)cc1.[H-].[Na+]. The van der Waals surface area contributed by atoms with Gasteiger partial charge in [0.2, 0.25) is 0 Å². The molecular weight excluding hydrogens is 475 g/mol. The van der Waals surface area contributed by atoms with E-state index in [1.165, 1.54) is 31.4 Å². The first-order chi connectivity index (χ1) is 15.8. The summed E-state index contributed by atoms with van der Waals surface area (Å²) in [7, 11) is 1.45. The number of urea groups is 1. The molecule has 4 rings (SSSR count). The third-order valence-electron chi connectivity index (χ3n) is 4.96. The maximum atomic E-state index is 13.5. The van der Waals surface area contributed by atoms with Crippen molar-refractivity contribution in [1.82, 2.24) is 4.98 Å². The van der Waals surface area contributed by atoms with Crippen LogP contribution >= 0.6 is 12.8 Å². The van der Waals surface area contributed by atoms with E-state index in [1.807, 2.05) is 0 Å². The number of thiol groups is 1. The number of benzene rings is 3. The van der Waals surface area contributed by atoms with Crippen molar-refractivity contribution < 1.29 is 59.2 Å². The predicted molar refractivity (Wildman–Crippen MR) is 125 cm³/mol. The van der Waals surface area contributed by atoms with E-state index in [-0.39, 0.29) is 36.5 Å². The van der Waals surface area contributed by atoms with E-state index in [9.17, 15) is 18.4 Å². The molecule has 0 radical (unpaired) electrons. The average Bonchev–Trinajstić information content (AvgIpc) is 3.21. The van der Waals surface area contributed by atoms with Crippen LogP contribution in [0.15, 0.2) is 60.7 Å². The zero-order valence-electron chi connectivity index (χ0n) is 19.1. The van der Waals surface area contributed by atoms with Gasteiger partial charge in [-0.3, -0.25) is 0 Å². The first-order valence-corrected chi connectivity index (χ1v) is 9.96. The summed E-state index contributed by atoms with van der Waals surface area (Å²) in [6.45, 7) is 0. The molecule has 170 valence electrons. The number of nitrogens with one attached hydrogen (secondary N) is 2. The molecule has 0 atom stereocenters. The second kappa shape index (κ2) is 10.5. The van der Waals surface area contributed by atoms with Crippen molar-refractivity contribution in [3.8, 4) is 17.0 Å². The second-order valence-corrected chi connectivity index (χ2v) is 7.45. The minimum Gasteiger partial charge on any atom is -1.00 e. The number of fused-ring (bicyclic) bond motifs is 1. The smallest absolute Gasteiger partial charge is 1.00 e. The monoisotopic (exact) mass is 493 g/mol.